The molecular formula is C14H19N5. The van der Waals surface area contributed by atoms with E-state index in [1.54, 1.807) is 12.4 Å². The lowest BCUT2D eigenvalue weighted by atomic mass is 9.96. The zero-order valence-electron chi connectivity index (χ0n) is 11.2. The summed E-state index contributed by atoms with van der Waals surface area (Å²) in [4.78, 5) is 8.60. The van der Waals surface area contributed by atoms with Gasteiger partial charge in [0.25, 0.3) is 0 Å². The summed E-state index contributed by atoms with van der Waals surface area (Å²) in [6.07, 6.45) is 11.6. The molecule has 19 heavy (non-hydrogen) atoms. The van der Waals surface area contributed by atoms with Gasteiger partial charge in [-0.1, -0.05) is 19.3 Å². The second-order valence-electron chi connectivity index (χ2n) is 5.20. The summed E-state index contributed by atoms with van der Waals surface area (Å²) < 4.78 is 2.03. The van der Waals surface area contributed by atoms with Crippen molar-refractivity contribution in [1.82, 2.24) is 19.7 Å². The van der Waals surface area contributed by atoms with Crippen molar-refractivity contribution in [3.05, 3.63) is 24.3 Å². The van der Waals surface area contributed by atoms with Gasteiger partial charge < -0.3 is 5.73 Å². The van der Waals surface area contributed by atoms with Crippen molar-refractivity contribution >= 4 is 5.69 Å². The molecule has 1 aliphatic carbocycles. The number of nitrogen functional groups attached to an aromatic ring is 1. The SMILES string of the molecule is Cc1nccnc1-c1nn(C2CCCCC2)cc1N. The molecule has 0 aliphatic heterocycles. The number of nitrogens with zero attached hydrogens (tertiary/aromatic N) is 4. The van der Waals surface area contributed by atoms with Crippen LogP contribution < -0.4 is 5.73 Å². The molecule has 5 heteroatoms. The Balaban J connectivity index is 1.95. The minimum absolute atomic E-state index is 0.488. The summed E-state index contributed by atoms with van der Waals surface area (Å²) in [5, 5.41) is 4.65. The van der Waals surface area contributed by atoms with Gasteiger partial charge in [-0.05, 0) is 19.8 Å². The molecule has 0 unspecified atom stereocenters. The van der Waals surface area contributed by atoms with Crippen LogP contribution in [0.3, 0.4) is 0 Å². The Morgan fingerprint density at radius 3 is 2.58 bits per heavy atom. The summed E-state index contributed by atoms with van der Waals surface area (Å²) in [6.45, 7) is 1.93. The summed E-state index contributed by atoms with van der Waals surface area (Å²) in [7, 11) is 0. The van der Waals surface area contributed by atoms with Gasteiger partial charge in [0.2, 0.25) is 0 Å². The Labute approximate surface area is 112 Å². The number of aromatic nitrogens is 4. The van der Waals surface area contributed by atoms with Gasteiger partial charge in [0.05, 0.1) is 17.4 Å². The fourth-order valence-corrected chi connectivity index (χ4v) is 2.76. The van der Waals surface area contributed by atoms with Crippen LogP contribution in [0.25, 0.3) is 11.4 Å². The van der Waals surface area contributed by atoms with Gasteiger partial charge >= 0.3 is 0 Å². The first-order valence-electron chi connectivity index (χ1n) is 6.88. The van der Waals surface area contributed by atoms with Gasteiger partial charge in [-0.3, -0.25) is 14.6 Å². The third kappa shape index (κ3) is 2.32. The van der Waals surface area contributed by atoms with E-state index in [9.17, 15) is 0 Å². The van der Waals surface area contributed by atoms with Crippen LogP contribution in [0, 0.1) is 6.92 Å². The highest BCUT2D eigenvalue weighted by Crippen LogP contribution is 2.31. The molecule has 2 N–H and O–H groups in total. The molecule has 0 saturated heterocycles. The van der Waals surface area contributed by atoms with Crippen LogP contribution in [0.1, 0.15) is 43.8 Å². The third-order valence-corrected chi connectivity index (χ3v) is 3.81. The third-order valence-electron chi connectivity index (χ3n) is 3.81. The number of hydrogen-bond acceptors (Lipinski definition) is 4. The number of rotatable bonds is 2. The van der Waals surface area contributed by atoms with Gasteiger partial charge in [-0.2, -0.15) is 5.10 Å². The van der Waals surface area contributed by atoms with Crippen LogP contribution in [0.4, 0.5) is 5.69 Å². The molecule has 2 heterocycles. The maximum atomic E-state index is 6.10. The summed E-state index contributed by atoms with van der Waals surface area (Å²) in [5.41, 5.74) is 9.20. The van der Waals surface area contributed by atoms with Gasteiger partial charge in [0.1, 0.15) is 11.4 Å². The van der Waals surface area contributed by atoms with Crippen molar-refractivity contribution in [2.75, 3.05) is 5.73 Å². The number of hydrogen-bond donors (Lipinski definition) is 1. The summed E-state index contributed by atoms with van der Waals surface area (Å²) in [5.74, 6) is 0. The van der Waals surface area contributed by atoms with Gasteiger partial charge in [0, 0.05) is 18.6 Å². The highest BCUT2D eigenvalue weighted by molar-refractivity contribution is 5.70. The van der Waals surface area contributed by atoms with E-state index in [1.807, 2.05) is 17.8 Å². The molecule has 5 nitrogen and oxygen atoms in total. The van der Waals surface area contributed by atoms with Crippen molar-refractivity contribution in [1.29, 1.82) is 0 Å². The Hall–Kier alpha value is -1.91. The molecule has 1 aliphatic rings. The van der Waals surface area contributed by atoms with Crippen molar-refractivity contribution in [3.8, 4) is 11.4 Å². The van der Waals surface area contributed by atoms with E-state index in [1.165, 1.54) is 32.1 Å². The van der Waals surface area contributed by atoms with Crippen molar-refractivity contribution in [3.63, 3.8) is 0 Å². The topological polar surface area (TPSA) is 69.6 Å². The molecule has 1 fully saturated rings. The minimum Gasteiger partial charge on any atom is -0.396 e. The lowest BCUT2D eigenvalue weighted by Gasteiger charge is -2.21. The van der Waals surface area contributed by atoms with E-state index in [4.69, 9.17) is 5.73 Å². The predicted octanol–water partition coefficient (Wildman–Crippen LogP) is 2.74. The van der Waals surface area contributed by atoms with Crippen LogP contribution in [-0.2, 0) is 0 Å². The molecule has 1 saturated carbocycles. The normalized spacial score (nSPS) is 16.7. The fraction of sp³-hybridized carbons (Fsp3) is 0.500. The first-order chi connectivity index (χ1) is 9.25. The molecule has 0 aromatic carbocycles. The molecule has 2 aromatic rings. The van der Waals surface area contributed by atoms with Crippen molar-refractivity contribution in [2.24, 2.45) is 0 Å². The van der Waals surface area contributed by atoms with E-state index >= 15 is 0 Å². The lowest BCUT2D eigenvalue weighted by Crippen LogP contribution is -2.13. The van der Waals surface area contributed by atoms with E-state index in [0.717, 1.165) is 17.1 Å². The summed E-state index contributed by atoms with van der Waals surface area (Å²) >= 11 is 0. The van der Waals surface area contributed by atoms with E-state index in [2.05, 4.69) is 15.1 Å². The first-order valence-corrected chi connectivity index (χ1v) is 6.88. The van der Waals surface area contributed by atoms with Crippen molar-refractivity contribution in [2.45, 2.75) is 45.1 Å². The molecule has 0 amide bonds. The van der Waals surface area contributed by atoms with Crippen LogP contribution in [0.2, 0.25) is 0 Å². The Morgan fingerprint density at radius 1 is 1.11 bits per heavy atom. The predicted molar refractivity (Wildman–Crippen MR) is 74.5 cm³/mol. The van der Waals surface area contributed by atoms with Gasteiger partial charge in [0.15, 0.2) is 0 Å². The number of nitrogens with two attached hydrogens (primary N) is 1. The molecular weight excluding hydrogens is 238 g/mol. The number of aryl methyl sites for hydroxylation is 1. The first kappa shape index (κ1) is 12.1. The average Bonchev–Trinajstić information content (AvgIpc) is 2.82. The Morgan fingerprint density at radius 2 is 1.84 bits per heavy atom. The van der Waals surface area contributed by atoms with Gasteiger partial charge in [-0.15, -0.1) is 0 Å². The van der Waals surface area contributed by atoms with Crippen LogP contribution in [0.15, 0.2) is 18.6 Å². The van der Waals surface area contributed by atoms with E-state index in [-0.39, 0.29) is 0 Å². The van der Waals surface area contributed by atoms with Crippen LogP contribution >= 0.6 is 0 Å². The maximum absolute atomic E-state index is 6.10. The molecule has 3 rings (SSSR count). The summed E-state index contributed by atoms with van der Waals surface area (Å²) in [6, 6.07) is 0.488. The molecule has 0 bridgehead atoms. The van der Waals surface area contributed by atoms with E-state index in [0.29, 0.717) is 11.7 Å². The molecule has 100 valence electrons. The van der Waals surface area contributed by atoms with Gasteiger partial charge in [-0.25, -0.2) is 0 Å². The Kier molecular flexibility index (Phi) is 3.19. The zero-order valence-corrected chi connectivity index (χ0v) is 11.2. The van der Waals surface area contributed by atoms with Crippen molar-refractivity contribution < 1.29 is 0 Å². The highest BCUT2D eigenvalue weighted by Gasteiger charge is 2.19. The standard InChI is InChI=1S/C14H19N5/c1-10-13(17-8-7-16-10)14-12(15)9-19(18-14)11-5-3-2-4-6-11/h7-9,11H,2-6,15H2,1H3. The highest BCUT2D eigenvalue weighted by atomic mass is 15.3. The molecule has 0 spiro atoms. The molecule has 2 aromatic heterocycles. The van der Waals surface area contributed by atoms with Crippen LogP contribution in [0.5, 0.6) is 0 Å². The number of anilines is 1. The second kappa shape index (κ2) is 4.99. The fourth-order valence-electron chi connectivity index (χ4n) is 2.76. The van der Waals surface area contributed by atoms with E-state index < -0.39 is 0 Å². The Bertz CT molecular complexity index is 569. The van der Waals surface area contributed by atoms with Crippen LogP contribution in [-0.4, -0.2) is 19.7 Å². The zero-order chi connectivity index (χ0) is 13.2. The average molecular weight is 257 g/mol. The molecule has 0 radical (unpaired) electrons. The quantitative estimate of drug-likeness (QED) is 0.898. The maximum Gasteiger partial charge on any atom is 0.135 e. The second-order valence-corrected chi connectivity index (χ2v) is 5.20. The lowest BCUT2D eigenvalue weighted by molar-refractivity contribution is 0.330. The molecule has 0 atom stereocenters. The monoisotopic (exact) mass is 257 g/mol. The smallest absolute Gasteiger partial charge is 0.135 e. The largest absolute Gasteiger partial charge is 0.396 e. The minimum atomic E-state index is 0.488.